The number of ether oxygens (including phenoxy) is 1. The molecule has 1 fully saturated rings. The lowest BCUT2D eigenvalue weighted by Gasteiger charge is -2.31. The van der Waals surface area contributed by atoms with Gasteiger partial charge in [0, 0.05) is 19.3 Å². The van der Waals surface area contributed by atoms with Crippen LogP contribution in [0.4, 0.5) is 5.69 Å². The molecule has 0 spiro atoms. The lowest BCUT2D eigenvalue weighted by molar-refractivity contribution is -0.123. The van der Waals surface area contributed by atoms with Crippen molar-refractivity contribution in [2.75, 3.05) is 12.4 Å². The Morgan fingerprint density at radius 3 is 2.45 bits per heavy atom. The standard InChI is InChI=1S/C23H26ClN3O4/c1-15(21(28)26-19-13-8-14-25-20(19)24)31-23(30)18-12-7-6-11-17(18)22(29)27(2)16-9-4-3-5-10-16/h6-8,11-16H,3-5,9-10H2,1-2H3,(H,26,28). The summed E-state index contributed by atoms with van der Waals surface area (Å²) in [6, 6.07) is 9.90. The third kappa shape index (κ3) is 5.61. The van der Waals surface area contributed by atoms with Gasteiger partial charge >= 0.3 is 5.97 Å². The summed E-state index contributed by atoms with van der Waals surface area (Å²) in [4.78, 5) is 43.9. The number of benzene rings is 1. The second-order valence-electron chi connectivity index (χ2n) is 7.63. The van der Waals surface area contributed by atoms with Crippen LogP contribution in [-0.2, 0) is 9.53 Å². The summed E-state index contributed by atoms with van der Waals surface area (Å²) >= 11 is 5.95. The number of carbonyl (C=O) groups is 3. The quantitative estimate of drug-likeness (QED) is 0.530. The Balaban J connectivity index is 1.69. The molecule has 2 amide bonds. The molecule has 1 saturated carbocycles. The van der Waals surface area contributed by atoms with E-state index in [2.05, 4.69) is 10.3 Å². The van der Waals surface area contributed by atoms with Gasteiger partial charge in [0.05, 0.1) is 16.8 Å². The van der Waals surface area contributed by atoms with E-state index in [1.165, 1.54) is 25.6 Å². The number of pyridine rings is 1. The lowest BCUT2D eigenvalue weighted by atomic mass is 9.94. The number of aromatic nitrogens is 1. The van der Waals surface area contributed by atoms with Crippen LogP contribution >= 0.6 is 11.6 Å². The Morgan fingerprint density at radius 1 is 1.10 bits per heavy atom. The minimum Gasteiger partial charge on any atom is -0.449 e. The highest BCUT2D eigenvalue weighted by atomic mass is 35.5. The number of hydrogen-bond donors (Lipinski definition) is 1. The van der Waals surface area contributed by atoms with Crippen LogP contribution in [0.15, 0.2) is 42.6 Å². The number of halogens is 1. The third-order valence-electron chi connectivity index (χ3n) is 5.49. The molecule has 1 N–H and O–H groups in total. The fraction of sp³-hybridized carbons (Fsp3) is 0.391. The molecule has 3 rings (SSSR count). The van der Waals surface area contributed by atoms with E-state index >= 15 is 0 Å². The normalized spacial score (nSPS) is 15.1. The molecule has 1 aliphatic rings. The molecule has 0 saturated heterocycles. The molecule has 1 aliphatic carbocycles. The molecule has 1 unspecified atom stereocenters. The molecule has 0 aliphatic heterocycles. The van der Waals surface area contributed by atoms with Crippen LogP contribution in [0.3, 0.4) is 0 Å². The Bertz CT molecular complexity index is 959. The summed E-state index contributed by atoms with van der Waals surface area (Å²) < 4.78 is 5.34. The van der Waals surface area contributed by atoms with E-state index in [1.807, 2.05) is 0 Å². The highest BCUT2D eigenvalue weighted by Crippen LogP contribution is 2.24. The highest BCUT2D eigenvalue weighted by molar-refractivity contribution is 6.32. The first-order valence-corrected chi connectivity index (χ1v) is 10.7. The molecule has 0 radical (unpaired) electrons. The van der Waals surface area contributed by atoms with Crippen molar-refractivity contribution in [3.05, 3.63) is 58.9 Å². The minimum atomic E-state index is -1.09. The van der Waals surface area contributed by atoms with Gasteiger partial charge in [-0.25, -0.2) is 9.78 Å². The van der Waals surface area contributed by atoms with Gasteiger partial charge in [-0.15, -0.1) is 0 Å². The monoisotopic (exact) mass is 443 g/mol. The first-order valence-electron chi connectivity index (χ1n) is 10.4. The molecule has 1 aromatic carbocycles. The molecule has 2 aromatic rings. The van der Waals surface area contributed by atoms with E-state index in [-0.39, 0.29) is 28.2 Å². The number of carbonyl (C=O) groups excluding carboxylic acids is 3. The molecule has 8 heteroatoms. The van der Waals surface area contributed by atoms with Crippen molar-refractivity contribution in [3.63, 3.8) is 0 Å². The summed E-state index contributed by atoms with van der Waals surface area (Å²) in [7, 11) is 1.77. The Labute approximate surface area is 186 Å². The van der Waals surface area contributed by atoms with Gasteiger partial charge in [0.2, 0.25) is 0 Å². The van der Waals surface area contributed by atoms with Gasteiger partial charge in [-0.2, -0.15) is 0 Å². The number of anilines is 1. The Hall–Kier alpha value is -2.93. The van der Waals surface area contributed by atoms with Gasteiger partial charge in [0.15, 0.2) is 11.3 Å². The molecule has 164 valence electrons. The second kappa shape index (κ2) is 10.4. The summed E-state index contributed by atoms with van der Waals surface area (Å²) in [6.07, 6.45) is 5.71. The zero-order chi connectivity index (χ0) is 22.4. The van der Waals surface area contributed by atoms with Gasteiger partial charge in [-0.1, -0.05) is 43.0 Å². The van der Waals surface area contributed by atoms with Crippen LogP contribution in [0.5, 0.6) is 0 Å². The fourth-order valence-corrected chi connectivity index (χ4v) is 3.83. The average Bonchev–Trinajstić information content (AvgIpc) is 2.80. The number of esters is 1. The zero-order valence-corrected chi connectivity index (χ0v) is 18.4. The Kier molecular flexibility index (Phi) is 7.63. The summed E-state index contributed by atoms with van der Waals surface area (Å²) in [5, 5.41) is 2.71. The topological polar surface area (TPSA) is 88.6 Å². The van der Waals surface area contributed by atoms with Crippen molar-refractivity contribution >= 4 is 35.1 Å². The predicted octanol–water partition coefficient (Wildman–Crippen LogP) is 4.32. The van der Waals surface area contributed by atoms with Crippen molar-refractivity contribution in [1.29, 1.82) is 0 Å². The summed E-state index contributed by atoms with van der Waals surface area (Å²) in [6.45, 7) is 1.45. The molecular weight excluding hydrogens is 418 g/mol. The van der Waals surface area contributed by atoms with Crippen LogP contribution in [0.1, 0.15) is 59.7 Å². The molecule has 31 heavy (non-hydrogen) atoms. The molecule has 1 atom stereocenters. The van der Waals surface area contributed by atoms with Crippen LogP contribution in [-0.4, -0.2) is 46.9 Å². The van der Waals surface area contributed by atoms with E-state index < -0.39 is 18.0 Å². The molecule has 1 heterocycles. The van der Waals surface area contributed by atoms with Crippen molar-refractivity contribution in [3.8, 4) is 0 Å². The Morgan fingerprint density at radius 2 is 1.77 bits per heavy atom. The maximum Gasteiger partial charge on any atom is 0.339 e. The van der Waals surface area contributed by atoms with Crippen molar-refractivity contribution < 1.29 is 19.1 Å². The van der Waals surface area contributed by atoms with Gasteiger partial charge in [-0.3, -0.25) is 9.59 Å². The number of rotatable bonds is 6. The number of hydrogen-bond acceptors (Lipinski definition) is 5. The van der Waals surface area contributed by atoms with Crippen LogP contribution in [0.25, 0.3) is 0 Å². The first kappa shape index (κ1) is 22.7. The van der Waals surface area contributed by atoms with Crippen molar-refractivity contribution in [1.82, 2.24) is 9.88 Å². The van der Waals surface area contributed by atoms with Gasteiger partial charge in [-0.05, 0) is 44.0 Å². The van der Waals surface area contributed by atoms with Crippen LogP contribution < -0.4 is 5.32 Å². The molecule has 1 aromatic heterocycles. The first-order chi connectivity index (χ1) is 14.9. The van der Waals surface area contributed by atoms with E-state index in [4.69, 9.17) is 16.3 Å². The molecular formula is C23H26ClN3O4. The smallest absolute Gasteiger partial charge is 0.339 e. The third-order valence-corrected chi connectivity index (χ3v) is 5.79. The second-order valence-corrected chi connectivity index (χ2v) is 7.99. The van der Waals surface area contributed by atoms with E-state index in [0.29, 0.717) is 5.69 Å². The van der Waals surface area contributed by atoms with E-state index in [0.717, 1.165) is 25.7 Å². The maximum absolute atomic E-state index is 13.1. The maximum atomic E-state index is 13.1. The number of nitrogens with one attached hydrogen (secondary N) is 1. The summed E-state index contributed by atoms with van der Waals surface area (Å²) in [5.41, 5.74) is 0.722. The van der Waals surface area contributed by atoms with Gasteiger partial charge < -0.3 is 15.0 Å². The van der Waals surface area contributed by atoms with Crippen molar-refractivity contribution in [2.24, 2.45) is 0 Å². The minimum absolute atomic E-state index is 0.134. The molecule has 7 nitrogen and oxygen atoms in total. The largest absolute Gasteiger partial charge is 0.449 e. The SMILES string of the molecule is CC(OC(=O)c1ccccc1C(=O)N(C)C1CCCCC1)C(=O)Nc1cccnc1Cl. The van der Waals surface area contributed by atoms with Gasteiger partial charge in [0.1, 0.15) is 0 Å². The fourth-order valence-electron chi connectivity index (χ4n) is 3.66. The number of nitrogens with zero attached hydrogens (tertiary/aromatic N) is 2. The average molecular weight is 444 g/mol. The highest BCUT2D eigenvalue weighted by Gasteiger charge is 2.28. The molecule has 0 bridgehead atoms. The van der Waals surface area contributed by atoms with Crippen LogP contribution in [0.2, 0.25) is 5.15 Å². The zero-order valence-electron chi connectivity index (χ0n) is 17.6. The van der Waals surface area contributed by atoms with E-state index in [9.17, 15) is 14.4 Å². The number of amides is 2. The summed E-state index contributed by atoms with van der Waals surface area (Å²) in [5.74, 6) is -1.51. The van der Waals surface area contributed by atoms with E-state index in [1.54, 1.807) is 42.3 Å². The van der Waals surface area contributed by atoms with Gasteiger partial charge in [0.25, 0.3) is 11.8 Å². The van der Waals surface area contributed by atoms with Crippen molar-refractivity contribution in [2.45, 2.75) is 51.2 Å². The van der Waals surface area contributed by atoms with Crippen LogP contribution in [0, 0.1) is 0 Å². The predicted molar refractivity (Wildman–Crippen MR) is 118 cm³/mol. The lowest BCUT2D eigenvalue weighted by Crippen LogP contribution is -2.39.